The normalized spacial score (nSPS) is 32.7. The molecule has 11 atom stereocenters. The first-order chi connectivity index (χ1) is 40.5. The van der Waals surface area contributed by atoms with Gasteiger partial charge in [0, 0.05) is 59.4 Å². The van der Waals surface area contributed by atoms with Gasteiger partial charge in [0.25, 0.3) is 5.91 Å². The third kappa shape index (κ3) is 9.96. The van der Waals surface area contributed by atoms with Crippen molar-refractivity contribution < 1.29 is 63.8 Å². The largest absolute Gasteiger partial charge is 0.510 e. The van der Waals surface area contributed by atoms with Crippen molar-refractivity contribution in [2.24, 2.45) is 45.4 Å². The Morgan fingerprint density at radius 2 is 1.56 bits per heavy atom. The van der Waals surface area contributed by atoms with Crippen LogP contribution in [0.5, 0.6) is 5.75 Å². The molecule has 3 aromatic carbocycles. The Kier molecular flexibility index (Phi) is 16.5. The zero-order valence-electron chi connectivity index (χ0n) is 50.3. The number of esters is 1. The van der Waals surface area contributed by atoms with Crippen LogP contribution in [0.3, 0.4) is 0 Å². The molecule has 2 saturated carbocycles. The molecule has 2 amide bonds. The number of halogens is 1. The summed E-state index contributed by atoms with van der Waals surface area (Å²) in [5.74, 6) is -6.17. The van der Waals surface area contributed by atoms with E-state index in [0.717, 1.165) is 74.1 Å². The number of aliphatic imine (C=N–C) groups is 1. The third-order valence-corrected chi connectivity index (χ3v) is 21.1. The number of carbonyl (C=O) groups excluding carboxylic acids is 7. The van der Waals surface area contributed by atoms with Gasteiger partial charge in [-0.1, -0.05) is 79.6 Å². The number of anilines is 1. The minimum Gasteiger partial charge on any atom is -0.510 e. The van der Waals surface area contributed by atoms with Crippen LogP contribution in [0.1, 0.15) is 126 Å². The number of benzodiazepines with no additional fused rings is 1. The van der Waals surface area contributed by atoms with Gasteiger partial charge in [-0.15, -0.1) is 0 Å². The van der Waals surface area contributed by atoms with Gasteiger partial charge in [0.2, 0.25) is 11.7 Å². The highest BCUT2D eigenvalue weighted by molar-refractivity contribution is 6.32. The van der Waals surface area contributed by atoms with Crippen LogP contribution in [-0.4, -0.2) is 147 Å². The quantitative estimate of drug-likeness (QED) is 0.0962. The molecule has 2 heterocycles. The number of aromatic hydroxyl groups is 1. The molecule has 3 fully saturated rings. The molecule has 0 bridgehead atoms. The van der Waals surface area contributed by atoms with Crippen molar-refractivity contribution in [2.45, 2.75) is 122 Å². The van der Waals surface area contributed by atoms with E-state index in [9.17, 15) is 59.1 Å². The van der Waals surface area contributed by atoms with Crippen molar-refractivity contribution in [3.8, 4) is 5.75 Å². The topological polar surface area (TPSA) is 264 Å². The summed E-state index contributed by atoms with van der Waals surface area (Å²) < 4.78 is 5.82. The fraction of sp³-hybridized carbons (Fsp3) is 0.493. The van der Waals surface area contributed by atoms with E-state index in [2.05, 4.69) is 37.2 Å². The molecule has 0 spiro atoms. The number of amides is 2. The highest BCUT2D eigenvalue weighted by atomic mass is 35.5. The monoisotopic (exact) mass is 1200 g/mol. The zero-order chi connectivity index (χ0) is 62.3. The van der Waals surface area contributed by atoms with Crippen LogP contribution in [0.2, 0.25) is 5.02 Å². The van der Waals surface area contributed by atoms with E-state index in [4.69, 9.17) is 16.3 Å². The van der Waals surface area contributed by atoms with E-state index in [0.29, 0.717) is 35.6 Å². The molecule has 1 unspecified atom stereocenters. The molecule has 3 aromatic rings. The molecule has 0 aromatic heterocycles. The summed E-state index contributed by atoms with van der Waals surface area (Å²) in [4.78, 5) is 98.9. The number of likely N-dealkylation sites (N-methyl/N-ethyl adjacent to an activating group) is 2. The number of nitrogens with one attached hydrogen (secondary N) is 1. The fourth-order valence-electron chi connectivity index (χ4n) is 16.5. The van der Waals surface area contributed by atoms with Crippen LogP contribution in [0.4, 0.5) is 5.69 Å². The van der Waals surface area contributed by atoms with Crippen molar-refractivity contribution in [1.29, 1.82) is 0 Å². The van der Waals surface area contributed by atoms with Gasteiger partial charge >= 0.3 is 5.97 Å². The van der Waals surface area contributed by atoms with Crippen LogP contribution < -0.4 is 10.2 Å². The predicted octanol–water partition coefficient (Wildman–Crippen LogP) is 8.20. The summed E-state index contributed by atoms with van der Waals surface area (Å²) in [5.41, 5.74) is -0.985. The Morgan fingerprint density at radius 1 is 0.872 bits per heavy atom. The maximum atomic E-state index is 13.8. The first kappa shape index (κ1) is 62.0. The number of likely N-dealkylation sites (tertiary alicyclic amines) is 1. The van der Waals surface area contributed by atoms with E-state index in [1.54, 1.807) is 39.0 Å². The second kappa shape index (κ2) is 22.9. The number of hydrogen-bond donors (Lipinski definition) is 6. The minimum atomic E-state index is -2.72. The molecule has 456 valence electrons. The summed E-state index contributed by atoms with van der Waals surface area (Å²) in [6.07, 6.45) is 11.0. The molecule has 1 saturated heterocycles. The summed E-state index contributed by atoms with van der Waals surface area (Å²) in [5, 5.41) is 59.9. The zero-order valence-corrected chi connectivity index (χ0v) is 51.1. The number of phenolic OH excluding ortho intramolecular Hbond substituents is 1. The first-order valence-corrected chi connectivity index (χ1v) is 30.1. The van der Waals surface area contributed by atoms with E-state index in [1.807, 2.05) is 53.4 Å². The number of phenols is 1. The van der Waals surface area contributed by atoms with Gasteiger partial charge in [-0.2, -0.15) is 0 Å². The highest BCUT2D eigenvalue weighted by Crippen LogP contribution is 2.68. The Labute approximate surface area is 506 Å². The van der Waals surface area contributed by atoms with Crippen molar-refractivity contribution in [2.75, 3.05) is 52.3 Å². The molecule has 0 radical (unpaired) electrons. The number of nitrogens with zero attached hydrogens (tertiary/aromatic N) is 4. The van der Waals surface area contributed by atoms with Crippen molar-refractivity contribution in [1.82, 2.24) is 15.1 Å². The van der Waals surface area contributed by atoms with Gasteiger partial charge in [0.1, 0.15) is 29.4 Å². The Morgan fingerprint density at radius 3 is 2.22 bits per heavy atom. The standard InChI is InChI=1S/C27H33N3O8.C24H32O4.C16H13ClN2O/c1-26(37)13-7-6-8-16(31)17(13)21(32)18-14(26)11-15-20(29(2)3)22(33)19(24(35)27(15,38)23(18)34)25(36)28-12-30-9-4-5-10-30;1-14-12-18-19(22(4)9-6-17(27)13-21(14)22)7-10-23(5)20(18)8-11-24(23,15(2)25)28-16(3)26;1-19-14-8-7-12(17)9-13(14)16(18-10-15(19)20)11-5-3-2-4-6-11/h6-8,14-15,20,31,33-34,37-38H,4-5,9-12H2,1-3H3,(H,28,36);12-13,18-20H,6-11H2,1-5H3;2-9H,10H2,1H3/t14?,15-,20-,26+,27-;18-,19+,20+,22-,23+,24+;/m01./s1. The highest BCUT2D eigenvalue weighted by Gasteiger charge is 2.69. The number of hydrogen-bond acceptors (Lipinski definition) is 16. The van der Waals surface area contributed by atoms with Crippen LogP contribution in [-0.2, 0) is 39.1 Å². The van der Waals surface area contributed by atoms with E-state index in [1.165, 1.54) is 48.1 Å². The minimum absolute atomic E-state index is 0.0160. The van der Waals surface area contributed by atoms with Gasteiger partial charge in [0.05, 0.1) is 35.3 Å². The van der Waals surface area contributed by atoms with Gasteiger partial charge in [-0.05, 0) is 164 Å². The number of allylic oxidation sites excluding steroid dienone is 4. The number of carbonyl (C=O) groups is 7. The lowest BCUT2D eigenvalue weighted by Crippen LogP contribution is -2.65. The van der Waals surface area contributed by atoms with Crippen LogP contribution in [0, 0.1) is 40.4 Å². The van der Waals surface area contributed by atoms with Crippen molar-refractivity contribution in [3.05, 3.63) is 140 Å². The number of aliphatic hydroxyl groups is 4. The molecular formula is C67H78ClN5O13. The van der Waals surface area contributed by atoms with Crippen LogP contribution >= 0.6 is 11.6 Å². The SMILES string of the molecule is CC(=O)O[C@]1(C(C)=O)CC[C@H]2[C@@H]3C=C(C)C4=CC(=O)CC[C@]4(C)[C@H]3CC[C@@]21C.CN(C)[C@@H]1C(O)=C(C(=O)NCN2CCCC2)C(=O)[C@@]2(O)C(O)=C3C(=O)c4c(O)cccc4[C@@](C)(O)C3C[C@@H]12.CN1C(=O)CN=C(c2ccccc2)c2cc(Cl)ccc21. The summed E-state index contributed by atoms with van der Waals surface area (Å²) in [7, 11) is 4.94. The third-order valence-electron chi connectivity index (χ3n) is 20.9. The average Bonchev–Trinajstić information content (AvgIpc) is 1.03. The van der Waals surface area contributed by atoms with Gasteiger partial charge in [-0.3, -0.25) is 48.4 Å². The maximum Gasteiger partial charge on any atom is 0.303 e. The second-order valence-electron chi connectivity index (χ2n) is 25.8. The molecule has 9 aliphatic rings. The van der Waals surface area contributed by atoms with Crippen molar-refractivity contribution in [3.63, 3.8) is 0 Å². The van der Waals surface area contributed by atoms with Gasteiger partial charge in [0.15, 0.2) is 28.6 Å². The van der Waals surface area contributed by atoms with E-state index in [-0.39, 0.29) is 65.0 Å². The lowest BCUT2D eigenvalue weighted by molar-refractivity contribution is -0.185. The average molecular weight is 1200 g/mol. The lowest BCUT2D eigenvalue weighted by Gasteiger charge is -2.58. The molecule has 12 rings (SSSR count). The summed E-state index contributed by atoms with van der Waals surface area (Å²) in [6.45, 7) is 12.9. The molecule has 2 aliphatic heterocycles. The van der Waals surface area contributed by atoms with Gasteiger partial charge in [-0.25, -0.2) is 0 Å². The summed E-state index contributed by atoms with van der Waals surface area (Å²) in [6, 6.07) is 18.5. The molecule has 18 nitrogen and oxygen atoms in total. The molecule has 86 heavy (non-hydrogen) atoms. The molecule has 6 N–H and O–H groups in total. The Bertz CT molecular complexity index is 3520. The smallest absolute Gasteiger partial charge is 0.303 e. The number of fused-ring (bicyclic) bond motifs is 9. The second-order valence-corrected chi connectivity index (χ2v) is 26.2. The molecule has 7 aliphatic carbocycles. The van der Waals surface area contributed by atoms with Gasteiger partial charge < -0.3 is 40.5 Å². The fourth-order valence-corrected chi connectivity index (χ4v) is 16.7. The summed E-state index contributed by atoms with van der Waals surface area (Å²) >= 11 is 6.11. The lowest BCUT2D eigenvalue weighted by atomic mass is 9.47. The number of aliphatic hydroxyl groups excluding tert-OH is 2. The molecule has 19 heteroatoms. The maximum absolute atomic E-state index is 13.8. The van der Waals surface area contributed by atoms with E-state index >= 15 is 0 Å². The number of benzene rings is 3. The van der Waals surface area contributed by atoms with Crippen LogP contribution in [0.15, 0.2) is 118 Å². The molecular weight excluding hydrogens is 1120 g/mol. The van der Waals surface area contributed by atoms with Crippen LogP contribution in [0.25, 0.3) is 0 Å². The Balaban J connectivity index is 0.000000151. The number of Topliss-reactive ketones (excluding diaryl/α,β-unsaturated/α-hetero) is 3. The number of ether oxygens (including phenoxy) is 1. The number of rotatable bonds is 7. The number of ketones is 4. The first-order valence-electron chi connectivity index (χ1n) is 29.8. The predicted molar refractivity (Wildman–Crippen MR) is 322 cm³/mol. The van der Waals surface area contributed by atoms with E-state index < -0.39 is 80.6 Å². The van der Waals surface area contributed by atoms with Crippen molar-refractivity contribution >= 4 is 63.9 Å². The Hall–Kier alpha value is -7.09.